The molecule has 0 radical (unpaired) electrons. The number of carbonyl (C=O) groups excluding carboxylic acids is 1. The fraction of sp³-hybridized carbons (Fsp3) is 0.846. The van der Waals surface area contributed by atoms with Gasteiger partial charge in [-0.1, -0.05) is 0 Å². The molecule has 1 amide bonds. The average Bonchev–Trinajstić information content (AvgIpc) is 2.11. The number of carbonyl (C=O) groups is 1. The summed E-state index contributed by atoms with van der Waals surface area (Å²) in [6.07, 6.45) is -0.356. The smallest absolute Gasteiger partial charge is 0.410 e. The first-order chi connectivity index (χ1) is 8.41. The van der Waals surface area contributed by atoms with Crippen molar-refractivity contribution in [3.63, 3.8) is 0 Å². The highest BCUT2D eigenvalue weighted by molar-refractivity contribution is 5.78. The Labute approximate surface area is 116 Å². The Balaban J connectivity index is 4.13. The van der Waals surface area contributed by atoms with Crippen molar-refractivity contribution in [2.75, 3.05) is 20.1 Å². The van der Waals surface area contributed by atoms with Gasteiger partial charge in [-0.2, -0.15) is 0 Å². The Morgan fingerprint density at radius 2 is 1.79 bits per heavy atom. The van der Waals surface area contributed by atoms with Gasteiger partial charge >= 0.3 is 6.09 Å². The number of nitrogens with one attached hydrogen (secondary N) is 1. The van der Waals surface area contributed by atoms with Gasteiger partial charge in [0, 0.05) is 19.1 Å². The van der Waals surface area contributed by atoms with E-state index in [1.165, 1.54) is 4.90 Å². The molecule has 19 heavy (non-hydrogen) atoms. The summed E-state index contributed by atoms with van der Waals surface area (Å²) in [6, 6.07) is 0. The van der Waals surface area contributed by atoms with E-state index in [1.54, 1.807) is 7.05 Å². The summed E-state index contributed by atoms with van der Waals surface area (Å²) in [5, 5.41) is 3.05. The SMILES string of the molecule is CN(CCN=C(N)NC(C)(C)C)C(=O)OC(C)(C)C. The maximum Gasteiger partial charge on any atom is 0.410 e. The van der Waals surface area contributed by atoms with Crippen LogP contribution in [0.3, 0.4) is 0 Å². The lowest BCUT2D eigenvalue weighted by Gasteiger charge is -2.24. The summed E-state index contributed by atoms with van der Waals surface area (Å²) in [4.78, 5) is 17.3. The quantitative estimate of drug-likeness (QED) is 0.603. The number of amides is 1. The second kappa shape index (κ2) is 6.63. The molecule has 0 heterocycles. The van der Waals surface area contributed by atoms with Crippen molar-refractivity contribution in [2.24, 2.45) is 10.7 Å². The molecule has 0 aliphatic carbocycles. The lowest BCUT2D eigenvalue weighted by molar-refractivity contribution is 0.0304. The lowest BCUT2D eigenvalue weighted by atomic mass is 10.1. The normalized spacial score (nSPS) is 13.1. The minimum atomic E-state index is -0.485. The first-order valence-electron chi connectivity index (χ1n) is 6.43. The molecule has 0 spiro atoms. The van der Waals surface area contributed by atoms with Gasteiger partial charge in [-0.05, 0) is 41.5 Å². The molecular weight excluding hydrogens is 244 g/mol. The predicted molar refractivity (Wildman–Crippen MR) is 78.2 cm³/mol. The van der Waals surface area contributed by atoms with Crippen LogP contribution in [0.5, 0.6) is 0 Å². The van der Waals surface area contributed by atoms with Crippen LogP contribution in [0.25, 0.3) is 0 Å². The van der Waals surface area contributed by atoms with Gasteiger partial charge in [0.25, 0.3) is 0 Å². The number of nitrogens with two attached hydrogens (primary N) is 1. The maximum absolute atomic E-state index is 11.7. The molecule has 6 nitrogen and oxygen atoms in total. The molecule has 0 unspecified atom stereocenters. The van der Waals surface area contributed by atoms with Gasteiger partial charge in [-0.3, -0.25) is 4.99 Å². The largest absolute Gasteiger partial charge is 0.444 e. The minimum Gasteiger partial charge on any atom is -0.444 e. The molecule has 3 N–H and O–H groups in total. The molecule has 0 aromatic carbocycles. The Morgan fingerprint density at radius 1 is 1.26 bits per heavy atom. The molecule has 0 bridgehead atoms. The van der Waals surface area contributed by atoms with Crippen LogP contribution in [0.1, 0.15) is 41.5 Å². The van der Waals surface area contributed by atoms with E-state index in [-0.39, 0.29) is 11.6 Å². The number of ether oxygens (including phenoxy) is 1. The standard InChI is InChI=1S/C13H28N4O2/c1-12(2,3)16-10(14)15-8-9-17(7)11(18)19-13(4,5)6/h8-9H2,1-7H3,(H3,14,15,16). The van der Waals surface area contributed by atoms with E-state index in [0.717, 1.165) is 0 Å². The molecule has 0 saturated heterocycles. The highest BCUT2D eigenvalue weighted by Gasteiger charge is 2.19. The van der Waals surface area contributed by atoms with Gasteiger partial charge in [-0.15, -0.1) is 0 Å². The second-order valence-corrected chi connectivity index (χ2v) is 6.54. The average molecular weight is 272 g/mol. The summed E-state index contributed by atoms with van der Waals surface area (Å²) in [5.74, 6) is 0.380. The van der Waals surface area contributed by atoms with Crippen LogP contribution in [0.2, 0.25) is 0 Å². The fourth-order valence-electron chi connectivity index (χ4n) is 1.18. The molecule has 112 valence electrons. The zero-order chi connectivity index (χ0) is 15.3. The van der Waals surface area contributed by atoms with Crippen LogP contribution in [0, 0.1) is 0 Å². The van der Waals surface area contributed by atoms with Crippen LogP contribution in [-0.2, 0) is 4.74 Å². The van der Waals surface area contributed by atoms with Gasteiger partial charge < -0.3 is 20.7 Å². The van der Waals surface area contributed by atoms with Gasteiger partial charge in [0.2, 0.25) is 0 Å². The molecule has 0 atom stereocenters. The molecule has 0 aromatic rings. The molecule has 0 fully saturated rings. The van der Waals surface area contributed by atoms with E-state index in [1.807, 2.05) is 41.5 Å². The topological polar surface area (TPSA) is 80.0 Å². The summed E-state index contributed by atoms with van der Waals surface area (Å²) >= 11 is 0. The van der Waals surface area contributed by atoms with Crippen molar-refractivity contribution >= 4 is 12.1 Å². The third-order valence-corrected chi connectivity index (χ3v) is 1.93. The summed E-state index contributed by atoms with van der Waals surface area (Å²) in [7, 11) is 1.68. The zero-order valence-electron chi connectivity index (χ0n) is 13.2. The van der Waals surface area contributed by atoms with Crippen LogP contribution < -0.4 is 11.1 Å². The maximum atomic E-state index is 11.7. The Morgan fingerprint density at radius 3 is 2.21 bits per heavy atom. The van der Waals surface area contributed by atoms with E-state index < -0.39 is 5.60 Å². The molecule has 0 aromatic heterocycles. The van der Waals surface area contributed by atoms with Crippen molar-refractivity contribution in [1.82, 2.24) is 10.2 Å². The highest BCUT2D eigenvalue weighted by atomic mass is 16.6. The Bertz CT molecular complexity index is 327. The van der Waals surface area contributed by atoms with Crippen molar-refractivity contribution in [2.45, 2.75) is 52.7 Å². The number of hydrogen-bond donors (Lipinski definition) is 2. The first kappa shape index (κ1) is 17.5. The number of guanidine groups is 1. The van der Waals surface area contributed by atoms with Crippen molar-refractivity contribution in [1.29, 1.82) is 0 Å². The highest BCUT2D eigenvalue weighted by Crippen LogP contribution is 2.08. The molecule has 0 aliphatic heterocycles. The van der Waals surface area contributed by atoms with Crippen LogP contribution in [0.15, 0.2) is 4.99 Å². The molecule has 6 heteroatoms. The van der Waals surface area contributed by atoms with Crippen molar-refractivity contribution in [3.8, 4) is 0 Å². The number of rotatable bonds is 3. The van der Waals surface area contributed by atoms with E-state index >= 15 is 0 Å². The van der Waals surface area contributed by atoms with E-state index in [9.17, 15) is 4.79 Å². The number of likely N-dealkylation sites (N-methyl/N-ethyl adjacent to an activating group) is 1. The third-order valence-electron chi connectivity index (χ3n) is 1.93. The molecule has 0 rings (SSSR count). The number of aliphatic imine (C=N–C) groups is 1. The summed E-state index contributed by atoms with van der Waals surface area (Å²) in [5.41, 5.74) is 5.12. The van der Waals surface area contributed by atoms with Crippen LogP contribution >= 0.6 is 0 Å². The van der Waals surface area contributed by atoms with Crippen molar-refractivity contribution < 1.29 is 9.53 Å². The zero-order valence-corrected chi connectivity index (χ0v) is 13.2. The predicted octanol–water partition coefficient (Wildman–Crippen LogP) is 1.56. The molecule has 0 saturated carbocycles. The van der Waals surface area contributed by atoms with Gasteiger partial charge in [0.05, 0.1) is 6.54 Å². The number of nitrogens with zero attached hydrogens (tertiary/aromatic N) is 2. The number of hydrogen-bond acceptors (Lipinski definition) is 3. The van der Waals surface area contributed by atoms with Crippen LogP contribution in [0.4, 0.5) is 4.79 Å². The van der Waals surface area contributed by atoms with Gasteiger partial charge in [0.15, 0.2) is 5.96 Å². The molecular formula is C13H28N4O2. The van der Waals surface area contributed by atoms with Crippen LogP contribution in [-0.4, -0.2) is 48.2 Å². The van der Waals surface area contributed by atoms with Gasteiger partial charge in [-0.25, -0.2) is 4.79 Å². The van der Waals surface area contributed by atoms with Gasteiger partial charge in [0.1, 0.15) is 5.60 Å². The minimum absolute atomic E-state index is 0.120. The van der Waals surface area contributed by atoms with Crippen molar-refractivity contribution in [3.05, 3.63) is 0 Å². The molecule has 0 aliphatic rings. The third kappa shape index (κ3) is 10.2. The second-order valence-electron chi connectivity index (χ2n) is 6.54. The van der Waals surface area contributed by atoms with E-state index in [2.05, 4.69) is 10.3 Å². The van der Waals surface area contributed by atoms with E-state index in [0.29, 0.717) is 19.0 Å². The Kier molecular flexibility index (Phi) is 6.12. The summed E-state index contributed by atoms with van der Waals surface area (Å²) in [6.45, 7) is 12.4. The first-order valence-corrected chi connectivity index (χ1v) is 6.43. The van der Waals surface area contributed by atoms with E-state index in [4.69, 9.17) is 10.5 Å². The summed E-state index contributed by atoms with van der Waals surface area (Å²) < 4.78 is 5.23. The Hall–Kier alpha value is -1.46. The lowest BCUT2D eigenvalue weighted by Crippen LogP contribution is -2.45. The monoisotopic (exact) mass is 272 g/mol. The fourth-order valence-corrected chi connectivity index (χ4v) is 1.18.